The van der Waals surface area contributed by atoms with Gasteiger partial charge in [-0.2, -0.15) is 0 Å². The Balaban J connectivity index is 1.80. The van der Waals surface area contributed by atoms with E-state index < -0.39 is 0 Å². The van der Waals surface area contributed by atoms with Crippen LogP contribution >= 0.6 is 0 Å². The van der Waals surface area contributed by atoms with E-state index >= 15 is 0 Å². The molecule has 2 atom stereocenters. The van der Waals surface area contributed by atoms with Gasteiger partial charge in [0.05, 0.1) is 7.11 Å². The molecule has 2 heteroatoms. The second-order valence-electron chi connectivity index (χ2n) is 5.20. The molecule has 1 N–H and O–H groups in total. The van der Waals surface area contributed by atoms with Crippen molar-refractivity contribution in [2.45, 2.75) is 45.2 Å². The van der Waals surface area contributed by atoms with E-state index in [9.17, 15) is 0 Å². The van der Waals surface area contributed by atoms with Gasteiger partial charge in [-0.1, -0.05) is 31.9 Å². The zero-order chi connectivity index (χ0) is 12.1. The van der Waals surface area contributed by atoms with Gasteiger partial charge in [-0.05, 0) is 36.5 Å². The summed E-state index contributed by atoms with van der Waals surface area (Å²) in [5.41, 5.74) is 1.34. The molecular weight excluding hydrogens is 210 g/mol. The second kappa shape index (κ2) is 6.06. The van der Waals surface area contributed by atoms with Gasteiger partial charge in [-0.25, -0.2) is 0 Å². The minimum Gasteiger partial charge on any atom is -0.497 e. The normalized spacial score (nSPS) is 24.6. The molecule has 0 spiro atoms. The highest BCUT2D eigenvalue weighted by molar-refractivity contribution is 5.27. The Bertz CT molecular complexity index is 333. The van der Waals surface area contributed by atoms with Crippen LogP contribution < -0.4 is 10.1 Å². The zero-order valence-corrected chi connectivity index (χ0v) is 10.9. The molecule has 0 aromatic heterocycles. The monoisotopic (exact) mass is 233 g/mol. The Kier molecular flexibility index (Phi) is 4.43. The third-order valence-electron chi connectivity index (χ3n) is 3.69. The highest BCUT2D eigenvalue weighted by Gasteiger charge is 2.17. The zero-order valence-electron chi connectivity index (χ0n) is 10.9. The molecule has 1 aliphatic carbocycles. The van der Waals surface area contributed by atoms with Gasteiger partial charge in [-0.15, -0.1) is 0 Å². The first-order valence-corrected chi connectivity index (χ1v) is 6.64. The highest BCUT2D eigenvalue weighted by Crippen LogP contribution is 2.23. The van der Waals surface area contributed by atoms with Crippen molar-refractivity contribution in [3.8, 4) is 5.75 Å². The molecule has 1 aromatic rings. The maximum Gasteiger partial charge on any atom is 0.118 e. The summed E-state index contributed by atoms with van der Waals surface area (Å²) in [5.74, 6) is 1.82. The van der Waals surface area contributed by atoms with Crippen molar-refractivity contribution in [1.29, 1.82) is 0 Å². The highest BCUT2D eigenvalue weighted by atomic mass is 16.5. The van der Waals surface area contributed by atoms with E-state index in [0.717, 1.165) is 18.2 Å². The molecule has 1 saturated carbocycles. The molecule has 2 nitrogen and oxygen atoms in total. The summed E-state index contributed by atoms with van der Waals surface area (Å²) in [5, 5.41) is 3.66. The summed E-state index contributed by atoms with van der Waals surface area (Å²) in [7, 11) is 1.71. The first kappa shape index (κ1) is 12.4. The van der Waals surface area contributed by atoms with Crippen molar-refractivity contribution in [3.63, 3.8) is 0 Å². The van der Waals surface area contributed by atoms with E-state index in [4.69, 9.17) is 4.74 Å². The average Bonchev–Trinajstić information content (AvgIpc) is 2.37. The van der Waals surface area contributed by atoms with Crippen molar-refractivity contribution < 1.29 is 4.74 Å². The lowest BCUT2D eigenvalue weighted by Crippen LogP contribution is -2.33. The Morgan fingerprint density at radius 3 is 2.65 bits per heavy atom. The fourth-order valence-electron chi connectivity index (χ4n) is 2.63. The van der Waals surface area contributed by atoms with Crippen LogP contribution in [0.25, 0.3) is 0 Å². The van der Waals surface area contributed by atoms with Gasteiger partial charge in [0, 0.05) is 12.6 Å². The number of hydrogen-bond donors (Lipinski definition) is 1. The molecule has 2 rings (SSSR count). The van der Waals surface area contributed by atoms with Crippen molar-refractivity contribution in [2.75, 3.05) is 7.11 Å². The Hall–Kier alpha value is -1.02. The van der Waals surface area contributed by atoms with Crippen LogP contribution in [0.3, 0.4) is 0 Å². The molecule has 1 aromatic carbocycles. The molecular formula is C15H23NO. The van der Waals surface area contributed by atoms with Crippen LogP contribution in [-0.2, 0) is 6.54 Å². The largest absolute Gasteiger partial charge is 0.497 e. The van der Waals surface area contributed by atoms with E-state index in [2.05, 4.69) is 24.4 Å². The fourth-order valence-corrected chi connectivity index (χ4v) is 2.63. The smallest absolute Gasteiger partial charge is 0.118 e. The summed E-state index contributed by atoms with van der Waals surface area (Å²) < 4.78 is 5.16. The topological polar surface area (TPSA) is 21.3 Å². The summed E-state index contributed by atoms with van der Waals surface area (Å²) in [6.07, 6.45) is 5.44. The first-order valence-electron chi connectivity index (χ1n) is 6.64. The molecule has 0 saturated heterocycles. The summed E-state index contributed by atoms with van der Waals surface area (Å²) in [6.45, 7) is 3.34. The van der Waals surface area contributed by atoms with Gasteiger partial charge >= 0.3 is 0 Å². The number of ether oxygens (including phenoxy) is 1. The molecule has 0 bridgehead atoms. The molecule has 1 fully saturated rings. The lowest BCUT2D eigenvalue weighted by Gasteiger charge is -2.27. The fraction of sp³-hybridized carbons (Fsp3) is 0.600. The van der Waals surface area contributed by atoms with Crippen LogP contribution in [0.1, 0.15) is 38.2 Å². The quantitative estimate of drug-likeness (QED) is 0.861. The lowest BCUT2D eigenvalue weighted by atomic mass is 9.87. The van der Waals surface area contributed by atoms with Crippen LogP contribution in [0.2, 0.25) is 0 Å². The first-order chi connectivity index (χ1) is 8.28. The minimum absolute atomic E-state index is 0.709. The van der Waals surface area contributed by atoms with Gasteiger partial charge < -0.3 is 10.1 Å². The molecule has 1 aliphatic rings. The average molecular weight is 233 g/mol. The Labute approximate surface area is 104 Å². The Morgan fingerprint density at radius 1 is 1.24 bits per heavy atom. The van der Waals surface area contributed by atoms with Gasteiger partial charge in [0.25, 0.3) is 0 Å². The van der Waals surface area contributed by atoms with E-state index in [-0.39, 0.29) is 0 Å². The van der Waals surface area contributed by atoms with Crippen LogP contribution in [0.5, 0.6) is 5.75 Å². The van der Waals surface area contributed by atoms with Crippen molar-refractivity contribution >= 4 is 0 Å². The van der Waals surface area contributed by atoms with Crippen LogP contribution in [0.15, 0.2) is 24.3 Å². The lowest BCUT2D eigenvalue weighted by molar-refractivity contribution is 0.300. The third kappa shape index (κ3) is 3.74. The minimum atomic E-state index is 0.709. The summed E-state index contributed by atoms with van der Waals surface area (Å²) in [4.78, 5) is 0. The number of methoxy groups -OCH3 is 1. The van der Waals surface area contributed by atoms with Crippen LogP contribution in [0, 0.1) is 5.92 Å². The van der Waals surface area contributed by atoms with Crippen LogP contribution in [0.4, 0.5) is 0 Å². The van der Waals surface area contributed by atoms with Gasteiger partial charge in [0.15, 0.2) is 0 Å². The predicted molar refractivity (Wildman–Crippen MR) is 71.3 cm³/mol. The summed E-state index contributed by atoms with van der Waals surface area (Å²) in [6, 6.07) is 9.04. The molecule has 94 valence electrons. The van der Waals surface area contributed by atoms with Crippen molar-refractivity contribution in [2.24, 2.45) is 5.92 Å². The molecule has 0 heterocycles. The molecule has 0 amide bonds. The van der Waals surface area contributed by atoms with Gasteiger partial charge in [0.2, 0.25) is 0 Å². The van der Waals surface area contributed by atoms with E-state index in [1.54, 1.807) is 7.11 Å². The second-order valence-corrected chi connectivity index (χ2v) is 5.20. The Morgan fingerprint density at radius 2 is 2.00 bits per heavy atom. The molecule has 2 unspecified atom stereocenters. The maximum atomic E-state index is 5.16. The number of hydrogen-bond acceptors (Lipinski definition) is 2. The van der Waals surface area contributed by atoms with E-state index in [0.29, 0.717) is 6.04 Å². The maximum absolute atomic E-state index is 5.16. The van der Waals surface area contributed by atoms with Crippen molar-refractivity contribution in [3.05, 3.63) is 29.8 Å². The SMILES string of the molecule is COc1ccc(CNC2CCCC(C)C2)cc1. The summed E-state index contributed by atoms with van der Waals surface area (Å²) >= 11 is 0. The molecule has 17 heavy (non-hydrogen) atoms. The van der Waals surface area contributed by atoms with Gasteiger partial charge in [-0.3, -0.25) is 0 Å². The van der Waals surface area contributed by atoms with E-state index in [1.165, 1.54) is 31.2 Å². The van der Waals surface area contributed by atoms with Gasteiger partial charge in [0.1, 0.15) is 5.75 Å². The molecule has 0 radical (unpaired) electrons. The third-order valence-corrected chi connectivity index (χ3v) is 3.69. The van der Waals surface area contributed by atoms with Crippen molar-refractivity contribution in [1.82, 2.24) is 5.32 Å². The standard InChI is InChI=1S/C15H23NO/c1-12-4-3-5-14(10-12)16-11-13-6-8-15(17-2)9-7-13/h6-9,12,14,16H,3-5,10-11H2,1-2H3. The molecule has 0 aliphatic heterocycles. The number of benzene rings is 1. The number of nitrogens with one attached hydrogen (secondary N) is 1. The predicted octanol–water partition coefficient (Wildman–Crippen LogP) is 3.36. The van der Waals surface area contributed by atoms with E-state index in [1.807, 2.05) is 12.1 Å². The van der Waals surface area contributed by atoms with Crippen LogP contribution in [-0.4, -0.2) is 13.2 Å². The number of rotatable bonds is 4.